The van der Waals surface area contributed by atoms with Gasteiger partial charge in [-0.05, 0) is 60.6 Å². The van der Waals surface area contributed by atoms with E-state index in [1.165, 1.54) is 55.7 Å². The van der Waals surface area contributed by atoms with Crippen molar-refractivity contribution in [2.45, 2.75) is 24.0 Å². The first-order valence-electron chi connectivity index (χ1n) is 11.8. The number of carbonyl (C=O) groups excluding carboxylic acids is 1. The molecule has 0 aromatic heterocycles. The molecule has 0 saturated carbocycles. The molecule has 0 heterocycles. The molecule has 3 aromatic carbocycles. The second kappa shape index (κ2) is 13.7. The lowest BCUT2D eigenvalue weighted by Crippen LogP contribution is -2.41. The molecule has 11 heteroatoms. The van der Waals surface area contributed by atoms with E-state index in [1.807, 2.05) is 12.1 Å². The number of anilines is 1. The summed E-state index contributed by atoms with van der Waals surface area (Å²) in [6.07, 6.45) is 0.715. The quantitative estimate of drug-likeness (QED) is 0.271. The molecule has 0 fully saturated rings. The molecule has 1 N–H and O–H groups in total. The number of amides is 1. The number of benzene rings is 3. The zero-order chi connectivity index (χ0) is 27.7. The zero-order valence-electron chi connectivity index (χ0n) is 21.4. The molecule has 0 saturated heterocycles. The van der Waals surface area contributed by atoms with Gasteiger partial charge in [0, 0.05) is 18.4 Å². The number of hydrogen-bond acceptors (Lipinski definition) is 6. The molecule has 38 heavy (non-hydrogen) atoms. The van der Waals surface area contributed by atoms with E-state index in [1.54, 1.807) is 11.8 Å². The Hall–Kier alpha value is -2.95. The fourth-order valence-corrected chi connectivity index (χ4v) is 6.24. The van der Waals surface area contributed by atoms with Crippen LogP contribution < -0.4 is 19.1 Å². The molecule has 0 atom stereocenters. The topological polar surface area (TPSA) is 84.9 Å². The molecule has 0 aliphatic carbocycles. The first kappa shape index (κ1) is 29.6. The Morgan fingerprint density at radius 2 is 1.79 bits per heavy atom. The third-order valence-corrected chi connectivity index (χ3v) is 8.88. The Bertz CT molecular complexity index is 1370. The van der Waals surface area contributed by atoms with Gasteiger partial charge in [0.15, 0.2) is 11.5 Å². The normalized spacial score (nSPS) is 11.2. The van der Waals surface area contributed by atoms with Crippen LogP contribution in [0.25, 0.3) is 0 Å². The SMILES string of the molecule is COc1ccc(S(=O)(=O)N(CC(=O)NCCCSCc2ccccc2C)c2ccc(F)c(Cl)c2)cc1OC. The van der Waals surface area contributed by atoms with Crippen LogP contribution in [0.15, 0.2) is 65.6 Å². The lowest BCUT2D eigenvalue weighted by atomic mass is 10.1. The molecule has 7 nitrogen and oxygen atoms in total. The summed E-state index contributed by atoms with van der Waals surface area (Å²) in [7, 11) is -1.44. The van der Waals surface area contributed by atoms with Gasteiger partial charge in [0.1, 0.15) is 12.4 Å². The number of nitrogens with one attached hydrogen (secondary N) is 1. The summed E-state index contributed by atoms with van der Waals surface area (Å²) in [4.78, 5) is 12.7. The molecule has 3 rings (SSSR count). The molecule has 0 aliphatic rings. The van der Waals surface area contributed by atoms with Gasteiger partial charge >= 0.3 is 0 Å². The van der Waals surface area contributed by atoms with Crippen LogP contribution in [-0.2, 0) is 20.6 Å². The minimum Gasteiger partial charge on any atom is -0.493 e. The van der Waals surface area contributed by atoms with Crippen LogP contribution in [0.4, 0.5) is 10.1 Å². The minimum absolute atomic E-state index is 0.0510. The average molecular weight is 581 g/mol. The number of sulfonamides is 1. The summed E-state index contributed by atoms with van der Waals surface area (Å²) in [5, 5.41) is 2.51. The van der Waals surface area contributed by atoms with E-state index < -0.39 is 28.3 Å². The smallest absolute Gasteiger partial charge is 0.264 e. The number of carbonyl (C=O) groups is 1. The van der Waals surface area contributed by atoms with Crippen molar-refractivity contribution in [1.29, 1.82) is 0 Å². The highest BCUT2D eigenvalue weighted by atomic mass is 35.5. The number of nitrogens with zero attached hydrogens (tertiary/aromatic N) is 1. The van der Waals surface area contributed by atoms with Gasteiger partial charge in [0.25, 0.3) is 10.0 Å². The number of aryl methyl sites for hydroxylation is 1. The highest BCUT2D eigenvalue weighted by Gasteiger charge is 2.29. The Morgan fingerprint density at radius 1 is 1.05 bits per heavy atom. The molecule has 3 aromatic rings. The molecule has 1 amide bonds. The lowest BCUT2D eigenvalue weighted by Gasteiger charge is -2.25. The van der Waals surface area contributed by atoms with E-state index >= 15 is 0 Å². The minimum atomic E-state index is -4.26. The van der Waals surface area contributed by atoms with Gasteiger partial charge in [-0.1, -0.05) is 35.9 Å². The van der Waals surface area contributed by atoms with Crippen molar-refractivity contribution in [1.82, 2.24) is 5.32 Å². The van der Waals surface area contributed by atoms with E-state index in [9.17, 15) is 17.6 Å². The van der Waals surface area contributed by atoms with E-state index in [-0.39, 0.29) is 21.4 Å². The number of ether oxygens (including phenoxy) is 2. The van der Waals surface area contributed by atoms with Crippen LogP contribution in [0.2, 0.25) is 5.02 Å². The summed E-state index contributed by atoms with van der Waals surface area (Å²) in [6.45, 7) is 1.94. The van der Waals surface area contributed by atoms with Crippen molar-refractivity contribution in [2.24, 2.45) is 0 Å². The largest absolute Gasteiger partial charge is 0.493 e. The van der Waals surface area contributed by atoms with Crippen LogP contribution in [0.5, 0.6) is 11.5 Å². The maximum absolute atomic E-state index is 13.8. The summed E-state index contributed by atoms with van der Waals surface area (Å²) < 4.78 is 52.4. The third kappa shape index (κ3) is 7.55. The molecule has 0 spiro atoms. The van der Waals surface area contributed by atoms with E-state index in [0.29, 0.717) is 18.7 Å². The van der Waals surface area contributed by atoms with Crippen LogP contribution in [0.1, 0.15) is 17.5 Å². The monoisotopic (exact) mass is 580 g/mol. The molecule has 0 aliphatic heterocycles. The molecular formula is C27H30ClFN2O5S2. The van der Waals surface area contributed by atoms with Gasteiger partial charge in [-0.15, -0.1) is 0 Å². The Balaban J connectivity index is 1.70. The van der Waals surface area contributed by atoms with E-state index in [0.717, 1.165) is 21.9 Å². The van der Waals surface area contributed by atoms with Crippen molar-refractivity contribution in [2.75, 3.05) is 37.4 Å². The Morgan fingerprint density at radius 3 is 2.47 bits per heavy atom. The van der Waals surface area contributed by atoms with Crippen molar-refractivity contribution >= 4 is 45.0 Å². The van der Waals surface area contributed by atoms with Gasteiger partial charge in [0.05, 0.1) is 29.8 Å². The molecule has 0 radical (unpaired) electrons. The summed E-state index contributed by atoms with van der Waals surface area (Å²) in [6, 6.07) is 15.8. The zero-order valence-corrected chi connectivity index (χ0v) is 23.8. The Kier molecular flexibility index (Phi) is 10.7. The van der Waals surface area contributed by atoms with Crippen LogP contribution in [0.3, 0.4) is 0 Å². The van der Waals surface area contributed by atoms with Crippen LogP contribution in [0, 0.1) is 12.7 Å². The van der Waals surface area contributed by atoms with Crippen LogP contribution in [-0.4, -0.2) is 47.4 Å². The summed E-state index contributed by atoms with van der Waals surface area (Å²) in [5.41, 5.74) is 2.57. The third-order valence-electron chi connectivity index (χ3n) is 5.73. The number of hydrogen-bond donors (Lipinski definition) is 1. The van der Waals surface area contributed by atoms with E-state index in [4.69, 9.17) is 21.1 Å². The van der Waals surface area contributed by atoms with E-state index in [2.05, 4.69) is 24.4 Å². The van der Waals surface area contributed by atoms with Gasteiger partial charge in [-0.25, -0.2) is 12.8 Å². The lowest BCUT2D eigenvalue weighted by molar-refractivity contribution is -0.119. The van der Waals surface area contributed by atoms with Gasteiger partial charge < -0.3 is 14.8 Å². The highest BCUT2D eigenvalue weighted by Crippen LogP contribution is 2.33. The van der Waals surface area contributed by atoms with Gasteiger partial charge in [-0.2, -0.15) is 11.8 Å². The van der Waals surface area contributed by atoms with Crippen molar-refractivity contribution in [3.8, 4) is 11.5 Å². The van der Waals surface area contributed by atoms with Gasteiger partial charge in [0.2, 0.25) is 5.91 Å². The Labute approximate surface area is 232 Å². The first-order valence-corrected chi connectivity index (χ1v) is 14.7. The first-order chi connectivity index (χ1) is 18.2. The van der Waals surface area contributed by atoms with Crippen molar-refractivity contribution in [3.05, 3.63) is 82.6 Å². The molecule has 0 unspecified atom stereocenters. The predicted molar refractivity (Wildman–Crippen MR) is 150 cm³/mol. The second-order valence-corrected chi connectivity index (χ2v) is 11.7. The fraction of sp³-hybridized carbons (Fsp3) is 0.296. The van der Waals surface area contributed by atoms with Crippen molar-refractivity contribution < 1.29 is 27.1 Å². The standard InChI is InChI=1S/C27H30ClFN2O5S2/c1-19-7-4-5-8-20(19)18-37-14-6-13-30-27(32)17-31(21-9-11-24(29)23(28)15-21)38(33,34)22-10-12-25(35-2)26(16-22)36-3/h4-5,7-12,15-16H,6,13-14,17-18H2,1-3H3,(H,30,32). The summed E-state index contributed by atoms with van der Waals surface area (Å²) in [5.74, 6) is 1.06. The predicted octanol–water partition coefficient (Wildman–Crippen LogP) is 5.44. The van der Waals surface area contributed by atoms with Crippen LogP contribution >= 0.6 is 23.4 Å². The molecule has 0 bridgehead atoms. The number of halogens is 2. The highest BCUT2D eigenvalue weighted by molar-refractivity contribution is 7.98. The maximum Gasteiger partial charge on any atom is 0.264 e. The number of rotatable bonds is 13. The number of methoxy groups -OCH3 is 2. The molecular weight excluding hydrogens is 551 g/mol. The average Bonchev–Trinajstić information content (AvgIpc) is 2.91. The van der Waals surface area contributed by atoms with Gasteiger partial charge in [-0.3, -0.25) is 9.10 Å². The van der Waals surface area contributed by atoms with Crippen molar-refractivity contribution in [3.63, 3.8) is 0 Å². The second-order valence-electron chi connectivity index (χ2n) is 8.31. The summed E-state index contributed by atoms with van der Waals surface area (Å²) >= 11 is 7.69. The maximum atomic E-state index is 13.8. The fourth-order valence-electron chi connectivity index (χ4n) is 3.60. The molecule has 204 valence electrons. The number of thioether (sulfide) groups is 1.